The first-order valence-electron chi connectivity index (χ1n) is 9.88. The molecule has 1 amide bonds. The minimum atomic E-state index is -0.508. The Labute approximate surface area is 198 Å². The van der Waals surface area contributed by atoms with Crippen molar-refractivity contribution in [3.05, 3.63) is 72.3 Å². The number of amides is 1. The van der Waals surface area contributed by atoms with Crippen molar-refractivity contribution in [3.8, 4) is 22.7 Å². The second kappa shape index (κ2) is 10.3. The van der Waals surface area contributed by atoms with E-state index < -0.39 is 5.97 Å². The van der Waals surface area contributed by atoms with Crippen molar-refractivity contribution in [2.45, 2.75) is 11.7 Å². The van der Waals surface area contributed by atoms with E-state index in [-0.39, 0.29) is 11.7 Å². The Morgan fingerprint density at radius 3 is 2.76 bits per heavy atom. The molecule has 0 saturated heterocycles. The fraction of sp³-hybridized carbons (Fsp3) is 0.130. The maximum atomic E-state index is 12.7. The topological polar surface area (TPSA) is 99.2 Å². The van der Waals surface area contributed by atoms with Crippen LogP contribution in [0.25, 0.3) is 22.7 Å². The summed E-state index contributed by atoms with van der Waals surface area (Å²) < 4.78 is 12.2. The lowest BCUT2D eigenvalue weighted by atomic mass is 10.0. The molecule has 10 heteroatoms. The van der Waals surface area contributed by atoms with Gasteiger partial charge in [0.15, 0.2) is 10.9 Å². The molecule has 33 heavy (non-hydrogen) atoms. The van der Waals surface area contributed by atoms with E-state index in [1.54, 1.807) is 24.5 Å². The number of allylic oxidation sites excluding steroid dienone is 1. The zero-order valence-electron chi connectivity index (χ0n) is 17.7. The highest BCUT2D eigenvalue weighted by atomic mass is 32.2. The normalized spacial score (nSPS) is 10.7. The number of anilines is 1. The molecule has 0 fully saturated rings. The van der Waals surface area contributed by atoms with E-state index in [4.69, 9.17) is 9.15 Å². The number of methoxy groups -OCH3 is 1. The third-order valence-corrected chi connectivity index (χ3v) is 6.48. The van der Waals surface area contributed by atoms with Crippen molar-refractivity contribution < 1.29 is 18.7 Å². The van der Waals surface area contributed by atoms with Gasteiger partial charge < -0.3 is 14.5 Å². The summed E-state index contributed by atoms with van der Waals surface area (Å²) in [6.45, 7) is 4.24. The summed E-state index contributed by atoms with van der Waals surface area (Å²) in [5, 5.41) is 14.0. The first kappa shape index (κ1) is 22.6. The highest BCUT2D eigenvalue weighted by Gasteiger charge is 2.23. The molecule has 1 aromatic carbocycles. The standard InChI is InChI=1S/C23H20N4O4S2/c1-3-11-27-20(17-10-7-12-31-17)25-26-23(27)33-14-18(28)24-21-19(22(29)30-2)16(13-32-21)15-8-5-4-6-9-15/h3-10,12-13H,1,11,14H2,2H3,(H,24,28). The van der Waals surface area contributed by atoms with Crippen molar-refractivity contribution >= 4 is 40.0 Å². The molecule has 8 nitrogen and oxygen atoms in total. The number of ether oxygens (including phenoxy) is 1. The van der Waals surface area contributed by atoms with Crippen LogP contribution in [0.2, 0.25) is 0 Å². The van der Waals surface area contributed by atoms with E-state index in [9.17, 15) is 9.59 Å². The first-order chi connectivity index (χ1) is 16.1. The van der Waals surface area contributed by atoms with Crippen LogP contribution in [0.1, 0.15) is 10.4 Å². The van der Waals surface area contributed by atoms with Gasteiger partial charge >= 0.3 is 5.97 Å². The second-order valence-electron chi connectivity index (χ2n) is 6.73. The number of esters is 1. The maximum absolute atomic E-state index is 12.7. The Bertz CT molecular complexity index is 1260. The number of thioether (sulfide) groups is 1. The van der Waals surface area contributed by atoms with E-state index in [2.05, 4.69) is 22.1 Å². The lowest BCUT2D eigenvalue weighted by Gasteiger charge is -2.08. The predicted octanol–water partition coefficient (Wildman–Crippen LogP) is 4.97. The smallest absolute Gasteiger partial charge is 0.341 e. The Morgan fingerprint density at radius 2 is 2.06 bits per heavy atom. The quantitative estimate of drug-likeness (QED) is 0.205. The summed E-state index contributed by atoms with van der Waals surface area (Å²) in [5.74, 6) is 0.426. The molecule has 0 aliphatic heterocycles. The molecule has 3 aromatic heterocycles. The summed E-state index contributed by atoms with van der Waals surface area (Å²) >= 11 is 2.51. The van der Waals surface area contributed by atoms with Crippen molar-refractivity contribution in [1.29, 1.82) is 0 Å². The number of carbonyl (C=O) groups excluding carboxylic acids is 2. The molecule has 3 heterocycles. The molecule has 0 saturated carbocycles. The fourth-order valence-corrected chi connectivity index (χ4v) is 4.88. The monoisotopic (exact) mass is 480 g/mol. The van der Waals surface area contributed by atoms with Crippen molar-refractivity contribution in [2.75, 3.05) is 18.2 Å². The third kappa shape index (κ3) is 4.91. The zero-order chi connectivity index (χ0) is 23.2. The van der Waals surface area contributed by atoms with Crippen LogP contribution in [0.5, 0.6) is 0 Å². The second-order valence-corrected chi connectivity index (χ2v) is 8.55. The van der Waals surface area contributed by atoms with Gasteiger partial charge in [0.2, 0.25) is 11.7 Å². The SMILES string of the molecule is C=CCn1c(SCC(=O)Nc2scc(-c3ccccc3)c2C(=O)OC)nnc1-c1ccco1. The van der Waals surface area contributed by atoms with E-state index in [1.165, 1.54) is 30.2 Å². The van der Waals surface area contributed by atoms with Gasteiger partial charge in [-0.15, -0.1) is 28.1 Å². The van der Waals surface area contributed by atoms with Crippen LogP contribution in [0.15, 0.2) is 76.3 Å². The molecule has 0 spiro atoms. The molecular formula is C23H20N4O4S2. The molecule has 1 N–H and O–H groups in total. The van der Waals surface area contributed by atoms with Gasteiger partial charge in [-0.2, -0.15) is 0 Å². The molecule has 4 aromatic rings. The average molecular weight is 481 g/mol. The van der Waals surface area contributed by atoms with Crippen LogP contribution in [0.3, 0.4) is 0 Å². The minimum Gasteiger partial charge on any atom is -0.465 e. The largest absolute Gasteiger partial charge is 0.465 e. The Morgan fingerprint density at radius 1 is 1.24 bits per heavy atom. The first-order valence-corrected chi connectivity index (χ1v) is 11.7. The number of furan rings is 1. The van der Waals surface area contributed by atoms with Gasteiger partial charge in [-0.25, -0.2) is 4.79 Å². The van der Waals surface area contributed by atoms with Gasteiger partial charge in [0, 0.05) is 17.5 Å². The predicted molar refractivity (Wildman–Crippen MR) is 128 cm³/mol. The van der Waals surface area contributed by atoms with Crippen LogP contribution in [-0.4, -0.2) is 39.5 Å². The number of aromatic nitrogens is 3. The van der Waals surface area contributed by atoms with Gasteiger partial charge in [-0.3, -0.25) is 9.36 Å². The lowest BCUT2D eigenvalue weighted by molar-refractivity contribution is -0.113. The van der Waals surface area contributed by atoms with Gasteiger partial charge in [0.05, 0.1) is 19.1 Å². The number of rotatable bonds is 9. The highest BCUT2D eigenvalue weighted by Crippen LogP contribution is 2.36. The maximum Gasteiger partial charge on any atom is 0.341 e. The Balaban J connectivity index is 1.51. The molecule has 0 atom stereocenters. The number of carbonyl (C=O) groups is 2. The van der Waals surface area contributed by atoms with Crippen LogP contribution in [0, 0.1) is 0 Å². The molecule has 0 aliphatic carbocycles. The van der Waals surface area contributed by atoms with E-state index in [0.29, 0.717) is 39.4 Å². The van der Waals surface area contributed by atoms with Gasteiger partial charge in [-0.05, 0) is 17.7 Å². The van der Waals surface area contributed by atoms with Crippen molar-refractivity contribution in [2.24, 2.45) is 0 Å². The minimum absolute atomic E-state index is 0.0760. The van der Waals surface area contributed by atoms with E-state index in [0.717, 1.165) is 5.56 Å². The summed E-state index contributed by atoms with van der Waals surface area (Å²) in [5.41, 5.74) is 1.92. The van der Waals surface area contributed by atoms with Crippen molar-refractivity contribution in [3.63, 3.8) is 0 Å². The number of thiophene rings is 1. The number of hydrogen-bond donors (Lipinski definition) is 1. The number of benzene rings is 1. The molecule has 4 rings (SSSR count). The van der Waals surface area contributed by atoms with Crippen LogP contribution in [0.4, 0.5) is 5.00 Å². The summed E-state index contributed by atoms with van der Waals surface area (Å²) in [6.07, 6.45) is 3.28. The fourth-order valence-electron chi connectivity index (χ4n) is 3.15. The van der Waals surface area contributed by atoms with Gasteiger partial charge in [0.25, 0.3) is 0 Å². The van der Waals surface area contributed by atoms with Crippen LogP contribution < -0.4 is 5.32 Å². The van der Waals surface area contributed by atoms with E-state index >= 15 is 0 Å². The van der Waals surface area contributed by atoms with Gasteiger partial charge in [0.1, 0.15) is 10.6 Å². The van der Waals surface area contributed by atoms with E-state index in [1.807, 2.05) is 40.3 Å². The van der Waals surface area contributed by atoms with Gasteiger partial charge in [-0.1, -0.05) is 48.2 Å². The van der Waals surface area contributed by atoms with Crippen LogP contribution >= 0.6 is 23.1 Å². The third-order valence-electron chi connectivity index (χ3n) is 4.62. The Hall–Kier alpha value is -3.63. The zero-order valence-corrected chi connectivity index (χ0v) is 19.3. The number of nitrogens with zero attached hydrogens (tertiary/aromatic N) is 3. The van der Waals surface area contributed by atoms with Crippen LogP contribution in [-0.2, 0) is 16.1 Å². The Kier molecular flexibility index (Phi) is 7.06. The molecular weight excluding hydrogens is 460 g/mol. The molecule has 168 valence electrons. The summed E-state index contributed by atoms with van der Waals surface area (Å²) in [4.78, 5) is 25.2. The number of nitrogens with one attached hydrogen (secondary N) is 1. The molecule has 0 radical (unpaired) electrons. The molecule has 0 aliphatic rings. The van der Waals surface area contributed by atoms with Crippen molar-refractivity contribution in [1.82, 2.24) is 14.8 Å². The highest BCUT2D eigenvalue weighted by molar-refractivity contribution is 7.99. The number of hydrogen-bond acceptors (Lipinski definition) is 8. The molecule has 0 bridgehead atoms. The average Bonchev–Trinajstić information content (AvgIpc) is 3.58. The summed E-state index contributed by atoms with van der Waals surface area (Å²) in [6, 6.07) is 13.0. The molecule has 0 unspecified atom stereocenters. The lowest BCUT2D eigenvalue weighted by Crippen LogP contribution is -2.16. The summed E-state index contributed by atoms with van der Waals surface area (Å²) in [7, 11) is 1.32.